The summed E-state index contributed by atoms with van der Waals surface area (Å²) in [7, 11) is -0.566. The Labute approximate surface area is 151 Å². The molecule has 2 fully saturated rings. The minimum Gasteiger partial charge on any atom is -0.337 e. The lowest BCUT2D eigenvalue weighted by molar-refractivity contribution is -0.139. The molecule has 0 saturated carbocycles. The van der Waals surface area contributed by atoms with Gasteiger partial charge < -0.3 is 4.90 Å². The van der Waals surface area contributed by atoms with Crippen molar-refractivity contribution in [1.82, 2.24) is 18.3 Å². The zero-order chi connectivity index (χ0) is 18.8. The fourth-order valence-corrected chi connectivity index (χ4v) is 5.78. The Hall–Kier alpha value is -2.13. The lowest BCUT2D eigenvalue weighted by atomic mass is 10.1. The first kappa shape index (κ1) is 17.3. The van der Waals surface area contributed by atoms with Crippen molar-refractivity contribution in [2.24, 2.45) is 14.1 Å². The van der Waals surface area contributed by atoms with Crippen molar-refractivity contribution in [2.75, 3.05) is 13.1 Å². The first-order valence-electron chi connectivity index (χ1n) is 8.71. The zero-order valence-corrected chi connectivity index (χ0v) is 15.9. The molecule has 0 N–H and O–H groups in total. The highest BCUT2D eigenvalue weighted by molar-refractivity contribution is 7.89. The molecule has 4 rings (SSSR count). The van der Waals surface area contributed by atoms with Gasteiger partial charge in [0.25, 0.3) is 0 Å². The number of carbonyl (C=O) groups is 1. The van der Waals surface area contributed by atoms with Crippen molar-refractivity contribution in [1.29, 1.82) is 0 Å². The molecule has 26 heavy (non-hydrogen) atoms. The van der Waals surface area contributed by atoms with Crippen LogP contribution in [0.15, 0.2) is 27.9 Å². The predicted octanol–water partition coefficient (Wildman–Crippen LogP) is 0.261. The Bertz CT molecular complexity index is 1070. The van der Waals surface area contributed by atoms with Gasteiger partial charge in [-0.1, -0.05) is 0 Å². The fraction of sp³-hybridized carbons (Fsp3) is 0.529. The molecule has 2 saturated heterocycles. The number of benzene rings is 1. The Morgan fingerprint density at radius 2 is 1.77 bits per heavy atom. The number of sulfonamides is 1. The number of fused-ring (bicyclic) bond motifs is 2. The van der Waals surface area contributed by atoms with Gasteiger partial charge in [0, 0.05) is 33.2 Å². The summed E-state index contributed by atoms with van der Waals surface area (Å²) in [5.41, 5.74) is 1.01. The fourth-order valence-electron chi connectivity index (χ4n) is 4.13. The van der Waals surface area contributed by atoms with Gasteiger partial charge >= 0.3 is 5.69 Å². The molecular formula is C17H22N4O4S. The van der Waals surface area contributed by atoms with Gasteiger partial charge in [-0.15, -0.1) is 0 Å². The van der Waals surface area contributed by atoms with Crippen LogP contribution in [0.1, 0.15) is 19.8 Å². The van der Waals surface area contributed by atoms with Crippen LogP contribution in [-0.2, 0) is 28.9 Å². The van der Waals surface area contributed by atoms with Crippen LogP contribution in [0.3, 0.4) is 0 Å². The summed E-state index contributed by atoms with van der Waals surface area (Å²) >= 11 is 0. The molecule has 0 bridgehead atoms. The van der Waals surface area contributed by atoms with Crippen molar-refractivity contribution in [3.8, 4) is 0 Å². The monoisotopic (exact) mass is 378 g/mol. The lowest BCUT2D eigenvalue weighted by Crippen LogP contribution is -2.59. The second-order valence-corrected chi connectivity index (χ2v) is 9.02. The summed E-state index contributed by atoms with van der Waals surface area (Å²) in [6.45, 7) is 2.67. The molecule has 0 spiro atoms. The maximum absolute atomic E-state index is 13.2. The molecule has 1 aromatic heterocycles. The lowest BCUT2D eigenvalue weighted by Gasteiger charge is -2.40. The van der Waals surface area contributed by atoms with Gasteiger partial charge in [-0.2, -0.15) is 4.31 Å². The molecule has 3 heterocycles. The van der Waals surface area contributed by atoms with E-state index in [1.807, 2.05) is 0 Å². The number of amides is 1. The first-order valence-corrected chi connectivity index (χ1v) is 10.2. The molecule has 1 amide bonds. The molecule has 140 valence electrons. The van der Waals surface area contributed by atoms with Crippen molar-refractivity contribution < 1.29 is 13.2 Å². The van der Waals surface area contributed by atoms with E-state index in [1.165, 1.54) is 25.6 Å². The number of aromatic nitrogens is 2. The average molecular weight is 378 g/mol. The van der Waals surface area contributed by atoms with Gasteiger partial charge in [0.1, 0.15) is 6.04 Å². The van der Waals surface area contributed by atoms with Crippen molar-refractivity contribution in [3.05, 3.63) is 28.7 Å². The summed E-state index contributed by atoms with van der Waals surface area (Å²) in [6, 6.07) is 3.91. The Morgan fingerprint density at radius 1 is 1.08 bits per heavy atom. The van der Waals surface area contributed by atoms with E-state index in [0.717, 1.165) is 12.8 Å². The largest absolute Gasteiger partial charge is 0.337 e. The smallest absolute Gasteiger partial charge is 0.328 e. The third kappa shape index (κ3) is 2.26. The highest BCUT2D eigenvalue weighted by Gasteiger charge is 2.45. The highest BCUT2D eigenvalue weighted by Crippen LogP contribution is 2.30. The minimum absolute atomic E-state index is 0.0433. The number of hydrogen-bond acceptors (Lipinski definition) is 4. The van der Waals surface area contributed by atoms with Crippen LogP contribution in [0.25, 0.3) is 11.0 Å². The average Bonchev–Trinajstić information content (AvgIpc) is 3.18. The second kappa shape index (κ2) is 5.68. The molecule has 2 aliphatic rings. The topological polar surface area (TPSA) is 84.6 Å². The maximum atomic E-state index is 13.2. The quantitative estimate of drug-likeness (QED) is 0.750. The molecule has 0 aliphatic carbocycles. The molecule has 2 aromatic rings. The number of hydrogen-bond donors (Lipinski definition) is 0. The summed E-state index contributed by atoms with van der Waals surface area (Å²) in [5, 5.41) is 0. The highest BCUT2D eigenvalue weighted by atomic mass is 32.2. The standard InChI is InChI=1S/C17H22N4O4S/c1-11-16(22)20-8-4-5-12(20)10-21(11)26(24,25)13-6-7-14-15(9-13)19(3)17(23)18(14)2/h6-7,9,11-12H,4-5,8,10H2,1-3H3/t11-,12-/m1/s1. The summed E-state index contributed by atoms with van der Waals surface area (Å²) in [4.78, 5) is 26.6. The van der Waals surface area contributed by atoms with E-state index in [9.17, 15) is 18.0 Å². The minimum atomic E-state index is -3.83. The summed E-state index contributed by atoms with van der Waals surface area (Å²) < 4.78 is 30.7. The summed E-state index contributed by atoms with van der Waals surface area (Å²) in [5.74, 6) is -0.129. The molecular weight excluding hydrogens is 356 g/mol. The van der Waals surface area contributed by atoms with Crippen molar-refractivity contribution in [3.63, 3.8) is 0 Å². The normalized spacial score (nSPS) is 24.4. The number of aryl methyl sites for hydroxylation is 2. The van der Waals surface area contributed by atoms with Crippen LogP contribution in [0, 0.1) is 0 Å². The molecule has 8 nitrogen and oxygen atoms in total. The van der Waals surface area contributed by atoms with E-state index in [4.69, 9.17) is 0 Å². The van der Waals surface area contributed by atoms with E-state index in [-0.39, 0.29) is 22.5 Å². The van der Waals surface area contributed by atoms with Gasteiger partial charge in [-0.05, 0) is 38.0 Å². The van der Waals surface area contributed by atoms with Crippen molar-refractivity contribution in [2.45, 2.75) is 36.7 Å². The van der Waals surface area contributed by atoms with E-state index < -0.39 is 16.1 Å². The van der Waals surface area contributed by atoms with E-state index in [2.05, 4.69) is 0 Å². The second-order valence-electron chi connectivity index (χ2n) is 7.13. The van der Waals surface area contributed by atoms with Crippen molar-refractivity contribution >= 4 is 27.0 Å². The molecule has 2 atom stereocenters. The zero-order valence-electron chi connectivity index (χ0n) is 15.0. The van der Waals surface area contributed by atoms with Gasteiger partial charge in [0.2, 0.25) is 15.9 Å². The van der Waals surface area contributed by atoms with Gasteiger partial charge in [0.15, 0.2) is 0 Å². The van der Waals surface area contributed by atoms with E-state index in [1.54, 1.807) is 32.0 Å². The van der Waals surface area contributed by atoms with Gasteiger partial charge in [-0.25, -0.2) is 13.2 Å². The van der Waals surface area contributed by atoms with Crippen LogP contribution in [-0.4, -0.2) is 57.8 Å². The number of imidazole rings is 1. The number of piperazine rings is 1. The van der Waals surface area contributed by atoms with Crippen LogP contribution in [0.2, 0.25) is 0 Å². The molecule has 0 unspecified atom stereocenters. The van der Waals surface area contributed by atoms with Crippen LogP contribution in [0.4, 0.5) is 0 Å². The van der Waals surface area contributed by atoms with Gasteiger partial charge in [-0.3, -0.25) is 13.9 Å². The SMILES string of the molecule is C[C@@H]1C(=O)N2CCC[C@@H]2CN1S(=O)(=O)c1ccc2c(c1)n(C)c(=O)n2C. The molecule has 9 heteroatoms. The Kier molecular flexibility index (Phi) is 3.78. The molecule has 0 radical (unpaired) electrons. The maximum Gasteiger partial charge on any atom is 0.328 e. The molecule has 1 aromatic carbocycles. The van der Waals surface area contributed by atoms with Gasteiger partial charge in [0.05, 0.1) is 15.9 Å². The van der Waals surface area contributed by atoms with Crippen LogP contribution >= 0.6 is 0 Å². The molecule has 2 aliphatic heterocycles. The first-order chi connectivity index (χ1) is 12.2. The third-order valence-electron chi connectivity index (χ3n) is 5.69. The third-order valence-corrected chi connectivity index (χ3v) is 7.62. The van der Waals surface area contributed by atoms with Crippen LogP contribution < -0.4 is 5.69 Å². The van der Waals surface area contributed by atoms with Crippen LogP contribution in [0.5, 0.6) is 0 Å². The van der Waals surface area contributed by atoms with E-state index >= 15 is 0 Å². The van der Waals surface area contributed by atoms with E-state index in [0.29, 0.717) is 24.1 Å². The Morgan fingerprint density at radius 3 is 2.50 bits per heavy atom. The number of carbonyl (C=O) groups excluding carboxylic acids is 1. The predicted molar refractivity (Wildman–Crippen MR) is 96.2 cm³/mol. The number of rotatable bonds is 2. The Balaban J connectivity index is 1.79. The number of nitrogens with zero attached hydrogens (tertiary/aromatic N) is 4. The summed E-state index contributed by atoms with van der Waals surface area (Å²) in [6.07, 6.45) is 1.74.